The van der Waals surface area contributed by atoms with Crippen LogP contribution in [0.15, 0.2) is 10.6 Å². The maximum absolute atomic E-state index is 11.5. The largest absolute Gasteiger partial charge is 0.460 e. The molecule has 0 unspecified atom stereocenters. The van der Waals surface area contributed by atoms with Crippen molar-refractivity contribution in [2.75, 3.05) is 12.4 Å². The highest BCUT2D eigenvalue weighted by Crippen LogP contribution is 2.36. The number of fused-ring (bicyclic) bond motifs is 1. The molecular weight excluding hydrogens is 284 g/mol. The van der Waals surface area contributed by atoms with Gasteiger partial charge in [0, 0.05) is 10.6 Å². The third-order valence-corrected chi connectivity index (χ3v) is 4.96. The van der Waals surface area contributed by atoms with E-state index >= 15 is 0 Å². The molecule has 0 saturated heterocycles. The minimum Gasteiger partial charge on any atom is -0.460 e. The van der Waals surface area contributed by atoms with Gasteiger partial charge in [-0.1, -0.05) is 0 Å². The van der Waals surface area contributed by atoms with Gasteiger partial charge in [0.25, 0.3) is 11.7 Å². The molecule has 3 heterocycles. The first kappa shape index (κ1) is 12.7. The molecular formula is C12H12N2O3S2. The van der Waals surface area contributed by atoms with Gasteiger partial charge in [-0.3, -0.25) is 0 Å². The molecule has 2 aromatic heterocycles. The number of aryl methyl sites for hydroxylation is 1. The summed E-state index contributed by atoms with van der Waals surface area (Å²) in [7, 11) is 0. The number of carbonyl (C=O) groups is 1. The first-order valence-electron chi connectivity index (χ1n) is 5.98. The van der Waals surface area contributed by atoms with Gasteiger partial charge in [0.2, 0.25) is 0 Å². The lowest BCUT2D eigenvalue weighted by Gasteiger charge is -2.08. The van der Waals surface area contributed by atoms with Crippen LogP contribution in [-0.4, -0.2) is 28.5 Å². The van der Waals surface area contributed by atoms with E-state index in [1.165, 1.54) is 10.4 Å². The van der Waals surface area contributed by atoms with Gasteiger partial charge in [0.15, 0.2) is 0 Å². The number of rotatable bonds is 3. The molecule has 1 aliphatic rings. The lowest BCUT2D eigenvalue weighted by molar-refractivity contribution is 0.0508. The zero-order chi connectivity index (χ0) is 13.2. The fourth-order valence-corrected chi connectivity index (χ4v) is 4.15. The second kappa shape index (κ2) is 5.34. The lowest BCUT2D eigenvalue weighted by atomic mass is 10.2. The summed E-state index contributed by atoms with van der Waals surface area (Å²) in [6.07, 6.45) is 1.09. The first-order chi connectivity index (χ1) is 9.28. The molecule has 19 heavy (non-hydrogen) atoms. The van der Waals surface area contributed by atoms with Crippen LogP contribution in [0.25, 0.3) is 10.8 Å². The average molecular weight is 296 g/mol. The smallest absolute Gasteiger partial charge is 0.379 e. The summed E-state index contributed by atoms with van der Waals surface area (Å²) in [4.78, 5) is 17.9. The van der Waals surface area contributed by atoms with Crippen molar-refractivity contribution in [2.45, 2.75) is 19.1 Å². The molecule has 3 rings (SSSR count). The van der Waals surface area contributed by atoms with Gasteiger partial charge in [0.1, 0.15) is 0 Å². The van der Waals surface area contributed by atoms with Crippen LogP contribution in [-0.2, 0) is 16.9 Å². The van der Waals surface area contributed by atoms with Gasteiger partial charge in [-0.05, 0) is 35.9 Å². The topological polar surface area (TPSA) is 65.2 Å². The standard InChI is InChI=1S/C12H12N2O3S2/c1-2-16-12(15)10-13-11(17-14-10)9-5-7-6-18-4-3-8(7)19-9/h5H,2-4,6H2,1H3. The molecule has 0 fully saturated rings. The zero-order valence-corrected chi connectivity index (χ0v) is 12.0. The van der Waals surface area contributed by atoms with Gasteiger partial charge >= 0.3 is 5.97 Å². The number of hydrogen-bond donors (Lipinski definition) is 0. The number of thioether (sulfide) groups is 1. The molecule has 0 aliphatic carbocycles. The molecule has 1 aliphatic heterocycles. The predicted octanol–water partition coefficient (Wildman–Crippen LogP) is 2.76. The molecule has 2 aromatic rings. The molecule has 0 amide bonds. The van der Waals surface area contributed by atoms with E-state index in [-0.39, 0.29) is 5.82 Å². The van der Waals surface area contributed by atoms with Crippen molar-refractivity contribution in [1.82, 2.24) is 10.1 Å². The van der Waals surface area contributed by atoms with E-state index in [1.54, 1.807) is 18.3 Å². The Morgan fingerprint density at radius 1 is 1.58 bits per heavy atom. The van der Waals surface area contributed by atoms with Crippen molar-refractivity contribution >= 4 is 29.1 Å². The van der Waals surface area contributed by atoms with E-state index < -0.39 is 5.97 Å². The van der Waals surface area contributed by atoms with E-state index in [4.69, 9.17) is 9.26 Å². The Hall–Kier alpha value is -1.34. The minimum atomic E-state index is -0.547. The van der Waals surface area contributed by atoms with Gasteiger partial charge in [-0.2, -0.15) is 16.7 Å². The third kappa shape index (κ3) is 2.52. The van der Waals surface area contributed by atoms with E-state index in [0.29, 0.717) is 12.5 Å². The lowest BCUT2D eigenvalue weighted by Crippen LogP contribution is -2.06. The Balaban J connectivity index is 1.86. The number of esters is 1. The Morgan fingerprint density at radius 3 is 3.26 bits per heavy atom. The first-order valence-corrected chi connectivity index (χ1v) is 7.95. The van der Waals surface area contributed by atoms with Gasteiger partial charge in [0.05, 0.1) is 11.5 Å². The van der Waals surface area contributed by atoms with Crippen LogP contribution in [0.2, 0.25) is 0 Å². The predicted molar refractivity (Wildman–Crippen MR) is 73.4 cm³/mol. The Bertz CT molecular complexity index is 582. The summed E-state index contributed by atoms with van der Waals surface area (Å²) in [5, 5.41) is 3.66. The van der Waals surface area contributed by atoms with E-state index in [0.717, 1.165) is 22.8 Å². The highest BCUT2D eigenvalue weighted by molar-refractivity contribution is 7.98. The number of aromatic nitrogens is 2. The van der Waals surface area contributed by atoms with Crippen LogP contribution < -0.4 is 0 Å². The zero-order valence-electron chi connectivity index (χ0n) is 10.3. The number of nitrogens with zero attached hydrogens (tertiary/aromatic N) is 2. The van der Waals surface area contributed by atoms with Crippen LogP contribution in [0.3, 0.4) is 0 Å². The number of hydrogen-bond acceptors (Lipinski definition) is 7. The fourth-order valence-electron chi connectivity index (χ4n) is 1.85. The molecule has 0 bridgehead atoms. The summed E-state index contributed by atoms with van der Waals surface area (Å²) in [6, 6.07) is 2.08. The molecule has 0 radical (unpaired) electrons. The molecule has 0 spiro atoms. The quantitative estimate of drug-likeness (QED) is 0.811. The monoisotopic (exact) mass is 296 g/mol. The van der Waals surface area contributed by atoms with Gasteiger partial charge in [-0.25, -0.2) is 4.79 Å². The Labute approximate surface area is 118 Å². The minimum absolute atomic E-state index is 0.0161. The Kier molecular flexibility index (Phi) is 3.56. The summed E-state index contributed by atoms with van der Waals surface area (Å²) in [5.41, 5.74) is 1.34. The molecule has 0 saturated carbocycles. The normalized spacial score (nSPS) is 14.2. The van der Waals surface area contributed by atoms with Crippen molar-refractivity contribution in [1.29, 1.82) is 0 Å². The van der Waals surface area contributed by atoms with Crippen molar-refractivity contribution in [3.63, 3.8) is 0 Å². The van der Waals surface area contributed by atoms with Crippen molar-refractivity contribution in [2.24, 2.45) is 0 Å². The maximum atomic E-state index is 11.5. The number of ether oxygens (including phenoxy) is 1. The van der Waals surface area contributed by atoms with Gasteiger partial charge < -0.3 is 9.26 Å². The van der Waals surface area contributed by atoms with Gasteiger partial charge in [-0.15, -0.1) is 11.3 Å². The van der Waals surface area contributed by atoms with Crippen molar-refractivity contribution < 1.29 is 14.1 Å². The number of thiophene rings is 1. The van der Waals surface area contributed by atoms with Crippen LogP contribution in [0.1, 0.15) is 28.0 Å². The van der Waals surface area contributed by atoms with Crippen LogP contribution >= 0.6 is 23.1 Å². The maximum Gasteiger partial charge on any atom is 0.379 e. The van der Waals surface area contributed by atoms with Crippen LogP contribution in [0.5, 0.6) is 0 Å². The van der Waals surface area contributed by atoms with Crippen LogP contribution in [0.4, 0.5) is 0 Å². The SMILES string of the molecule is CCOC(=O)c1noc(-c2cc3c(s2)CCSC3)n1. The summed E-state index contributed by atoms with van der Waals surface area (Å²) in [5.74, 6) is 2.02. The summed E-state index contributed by atoms with van der Waals surface area (Å²) >= 11 is 3.59. The van der Waals surface area contributed by atoms with Crippen LogP contribution in [0, 0.1) is 0 Å². The highest BCUT2D eigenvalue weighted by atomic mass is 32.2. The molecule has 0 atom stereocenters. The molecule has 0 N–H and O–H groups in total. The molecule has 0 aromatic carbocycles. The highest BCUT2D eigenvalue weighted by Gasteiger charge is 2.20. The second-order valence-corrected chi connectivity index (χ2v) is 6.25. The van der Waals surface area contributed by atoms with E-state index in [1.807, 2.05) is 11.8 Å². The summed E-state index contributed by atoms with van der Waals surface area (Å²) in [6.45, 7) is 2.04. The summed E-state index contributed by atoms with van der Waals surface area (Å²) < 4.78 is 9.97. The fraction of sp³-hybridized carbons (Fsp3) is 0.417. The molecule has 100 valence electrons. The number of carbonyl (C=O) groups excluding carboxylic acids is 1. The Morgan fingerprint density at radius 2 is 2.47 bits per heavy atom. The molecule has 7 heteroatoms. The van der Waals surface area contributed by atoms with E-state index in [2.05, 4.69) is 16.2 Å². The average Bonchev–Trinajstić information content (AvgIpc) is 3.05. The molecule has 5 nitrogen and oxygen atoms in total. The van der Waals surface area contributed by atoms with Crippen molar-refractivity contribution in [3.05, 3.63) is 22.3 Å². The van der Waals surface area contributed by atoms with E-state index in [9.17, 15) is 4.79 Å². The van der Waals surface area contributed by atoms with Crippen molar-refractivity contribution in [3.8, 4) is 10.8 Å². The third-order valence-electron chi connectivity index (χ3n) is 2.72. The second-order valence-electron chi connectivity index (χ2n) is 4.01.